The molecular formula is C24H25F3O4. The summed E-state index contributed by atoms with van der Waals surface area (Å²) in [5, 5.41) is 0. The van der Waals surface area contributed by atoms with E-state index in [1.165, 1.54) is 18.2 Å². The van der Waals surface area contributed by atoms with Crippen molar-refractivity contribution < 1.29 is 32.2 Å². The average molecular weight is 434 g/mol. The van der Waals surface area contributed by atoms with Crippen LogP contribution in [0.5, 0.6) is 0 Å². The molecule has 2 rings (SSSR count). The fourth-order valence-electron chi connectivity index (χ4n) is 3.29. The maximum absolute atomic E-state index is 14.1. The second-order valence-corrected chi connectivity index (χ2v) is 7.07. The molecule has 0 spiro atoms. The molecule has 0 aliphatic rings. The Labute approximate surface area is 179 Å². The minimum atomic E-state index is -5.09. The molecule has 0 unspecified atom stereocenters. The second kappa shape index (κ2) is 10.4. The van der Waals surface area contributed by atoms with E-state index in [0.717, 1.165) is 19.2 Å². The summed E-state index contributed by atoms with van der Waals surface area (Å²) in [6, 6.07) is 14.9. The predicted octanol–water partition coefficient (Wildman–Crippen LogP) is 5.49. The first-order valence-electron chi connectivity index (χ1n) is 9.77. The van der Waals surface area contributed by atoms with E-state index in [0.29, 0.717) is 5.56 Å². The van der Waals surface area contributed by atoms with Gasteiger partial charge in [0.25, 0.3) is 5.60 Å². The monoisotopic (exact) mass is 434 g/mol. The van der Waals surface area contributed by atoms with E-state index in [4.69, 9.17) is 9.47 Å². The lowest BCUT2D eigenvalue weighted by atomic mass is 9.91. The highest BCUT2D eigenvalue weighted by molar-refractivity contribution is 5.96. The number of esters is 1. The van der Waals surface area contributed by atoms with Gasteiger partial charge in [-0.15, -0.1) is 0 Å². The Balaban J connectivity index is 2.41. The van der Waals surface area contributed by atoms with Crippen LogP contribution in [0.2, 0.25) is 0 Å². The maximum atomic E-state index is 14.1. The van der Waals surface area contributed by atoms with Gasteiger partial charge in [-0.05, 0) is 6.92 Å². The molecule has 0 fully saturated rings. The number of hydrogen-bond acceptors (Lipinski definition) is 4. The summed E-state index contributed by atoms with van der Waals surface area (Å²) in [7, 11) is 0.807. The van der Waals surface area contributed by atoms with Crippen molar-refractivity contribution in [2.24, 2.45) is 5.92 Å². The fourth-order valence-corrected chi connectivity index (χ4v) is 3.29. The van der Waals surface area contributed by atoms with Gasteiger partial charge in [-0.1, -0.05) is 79.7 Å². The van der Waals surface area contributed by atoms with Crippen LogP contribution in [-0.2, 0) is 19.9 Å². The quantitative estimate of drug-likeness (QED) is 0.298. The van der Waals surface area contributed by atoms with Crippen LogP contribution in [0.15, 0.2) is 72.8 Å². The first kappa shape index (κ1) is 24.3. The standard InChI is InChI=1S/C24H25F3O4/c1-4-11-17(2)21(16-20(28)18-12-7-5-8-13-18)31-22(29)23(30-3,24(25,26)27)19-14-9-6-10-15-19/h4-15,17,21H,16H2,1-3H3/b11-4+/t17-,21+,23+/m0/s1. The zero-order chi connectivity index (χ0) is 23.1. The molecule has 0 saturated heterocycles. The van der Waals surface area contributed by atoms with E-state index in [1.807, 2.05) is 0 Å². The van der Waals surface area contributed by atoms with E-state index >= 15 is 0 Å². The Morgan fingerprint density at radius 3 is 2.03 bits per heavy atom. The fraction of sp³-hybridized carbons (Fsp3) is 0.333. The molecule has 0 aromatic heterocycles. The topological polar surface area (TPSA) is 52.6 Å². The predicted molar refractivity (Wildman–Crippen MR) is 110 cm³/mol. The molecule has 7 heteroatoms. The van der Waals surface area contributed by atoms with Crippen molar-refractivity contribution in [3.63, 3.8) is 0 Å². The van der Waals surface area contributed by atoms with Gasteiger partial charge in [0.1, 0.15) is 6.10 Å². The lowest BCUT2D eigenvalue weighted by Gasteiger charge is -2.34. The number of carbonyl (C=O) groups excluding carboxylic acids is 2. The molecule has 2 aromatic rings. The van der Waals surface area contributed by atoms with Crippen molar-refractivity contribution in [1.29, 1.82) is 0 Å². The van der Waals surface area contributed by atoms with E-state index in [9.17, 15) is 22.8 Å². The molecule has 31 heavy (non-hydrogen) atoms. The van der Waals surface area contributed by atoms with Crippen molar-refractivity contribution in [2.75, 3.05) is 7.11 Å². The van der Waals surface area contributed by atoms with Gasteiger partial charge in [-0.25, -0.2) is 4.79 Å². The zero-order valence-corrected chi connectivity index (χ0v) is 17.6. The van der Waals surface area contributed by atoms with Gasteiger partial charge >= 0.3 is 12.1 Å². The molecule has 0 aliphatic carbocycles. The number of Topliss-reactive ketones (excluding diaryl/α,β-unsaturated/α-hetero) is 1. The largest absolute Gasteiger partial charge is 0.459 e. The summed E-state index contributed by atoms with van der Waals surface area (Å²) >= 11 is 0. The SMILES string of the molecule is C/C=C/[C@H](C)[C@@H](CC(=O)c1ccccc1)OC(=O)[C@](OC)(c1ccccc1)C(F)(F)F. The van der Waals surface area contributed by atoms with Gasteiger partial charge in [-0.3, -0.25) is 4.79 Å². The van der Waals surface area contributed by atoms with Crippen LogP contribution >= 0.6 is 0 Å². The first-order valence-corrected chi connectivity index (χ1v) is 9.77. The number of methoxy groups -OCH3 is 1. The van der Waals surface area contributed by atoms with E-state index < -0.39 is 35.3 Å². The Morgan fingerprint density at radius 1 is 1.00 bits per heavy atom. The summed E-state index contributed by atoms with van der Waals surface area (Å²) < 4.78 is 52.5. The lowest BCUT2D eigenvalue weighted by Crippen LogP contribution is -2.53. The van der Waals surface area contributed by atoms with Crippen LogP contribution in [0.1, 0.15) is 36.2 Å². The molecule has 0 radical (unpaired) electrons. The molecule has 166 valence electrons. The maximum Gasteiger partial charge on any atom is 0.432 e. The van der Waals surface area contributed by atoms with Crippen LogP contribution in [0.25, 0.3) is 0 Å². The molecule has 0 bridgehead atoms. The molecule has 0 amide bonds. The minimum Gasteiger partial charge on any atom is -0.459 e. The van der Waals surface area contributed by atoms with Crippen molar-refractivity contribution in [1.82, 2.24) is 0 Å². The summed E-state index contributed by atoms with van der Waals surface area (Å²) in [6.07, 6.45) is -3.12. The number of rotatable bonds is 9. The lowest BCUT2D eigenvalue weighted by molar-refractivity contribution is -0.278. The summed E-state index contributed by atoms with van der Waals surface area (Å²) in [5.74, 6) is -2.46. The third-order valence-electron chi connectivity index (χ3n) is 5.00. The molecule has 4 nitrogen and oxygen atoms in total. The first-order chi connectivity index (χ1) is 14.7. The van der Waals surface area contributed by atoms with Crippen LogP contribution in [0.3, 0.4) is 0 Å². The highest BCUT2D eigenvalue weighted by Gasteiger charge is 2.64. The highest BCUT2D eigenvalue weighted by atomic mass is 19.4. The van der Waals surface area contributed by atoms with Gasteiger partial charge in [0.2, 0.25) is 0 Å². The number of hydrogen-bond donors (Lipinski definition) is 0. The van der Waals surface area contributed by atoms with Gasteiger partial charge in [0.15, 0.2) is 5.78 Å². The van der Waals surface area contributed by atoms with Gasteiger partial charge in [-0.2, -0.15) is 13.2 Å². The van der Waals surface area contributed by atoms with Crippen molar-refractivity contribution in [2.45, 2.75) is 38.1 Å². The Bertz CT molecular complexity index is 894. The number of alkyl halides is 3. The van der Waals surface area contributed by atoms with Crippen LogP contribution in [0.4, 0.5) is 13.2 Å². The zero-order valence-electron chi connectivity index (χ0n) is 17.6. The van der Waals surface area contributed by atoms with Crippen molar-refractivity contribution in [3.05, 3.63) is 83.9 Å². The average Bonchev–Trinajstić information content (AvgIpc) is 2.74. The molecule has 0 heterocycles. The Morgan fingerprint density at radius 2 is 1.55 bits per heavy atom. The molecule has 2 aromatic carbocycles. The van der Waals surface area contributed by atoms with E-state index in [1.54, 1.807) is 56.3 Å². The number of halogens is 3. The summed E-state index contributed by atoms with van der Waals surface area (Å²) in [5.41, 5.74) is -3.33. The van der Waals surface area contributed by atoms with E-state index in [-0.39, 0.29) is 12.2 Å². The van der Waals surface area contributed by atoms with Crippen molar-refractivity contribution in [3.8, 4) is 0 Å². The summed E-state index contributed by atoms with van der Waals surface area (Å²) in [4.78, 5) is 25.6. The van der Waals surface area contributed by atoms with Gasteiger partial charge < -0.3 is 9.47 Å². The number of allylic oxidation sites excluding steroid dienone is 1. The Hall–Kier alpha value is -2.93. The third kappa shape index (κ3) is 5.41. The van der Waals surface area contributed by atoms with Gasteiger partial charge in [0.05, 0.1) is 0 Å². The number of ether oxygens (including phenoxy) is 2. The molecule has 0 N–H and O–H groups in total. The van der Waals surface area contributed by atoms with Crippen LogP contribution < -0.4 is 0 Å². The number of carbonyl (C=O) groups is 2. The van der Waals surface area contributed by atoms with Crippen molar-refractivity contribution >= 4 is 11.8 Å². The molecular weight excluding hydrogens is 409 g/mol. The third-order valence-corrected chi connectivity index (χ3v) is 5.00. The van der Waals surface area contributed by atoms with Crippen LogP contribution in [0, 0.1) is 5.92 Å². The smallest absolute Gasteiger partial charge is 0.432 e. The Kier molecular flexibility index (Phi) is 8.16. The highest BCUT2D eigenvalue weighted by Crippen LogP contribution is 2.43. The van der Waals surface area contributed by atoms with Gasteiger partial charge in [0, 0.05) is 30.6 Å². The molecule has 0 saturated carbocycles. The minimum absolute atomic E-state index is 0.270. The summed E-state index contributed by atoms with van der Waals surface area (Å²) in [6.45, 7) is 3.40. The van der Waals surface area contributed by atoms with E-state index in [2.05, 4.69) is 0 Å². The molecule has 0 aliphatic heterocycles. The number of benzene rings is 2. The molecule has 3 atom stereocenters. The second-order valence-electron chi connectivity index (χ2n) is 7.07. The number of ketones is 1. The van der Waals surface area contributed by atoms with Crippen LogP contribution in [-0.4, -0.2) is 31.1 Å². The normalized spacial score (nSPS) is 15.8.